The lowest BCUT2D eigenvalue weighted by Gasteiger charge is -2.24. The number of benzene rings is 1. The minimum absolute atomic E-state index is 0.131. The van der Waals surface area contributed by atoms with Gasteiger partial charge in [0.15, 0.2) is 0 Å². The molecule has 1 unspecified atom stereocenters. The molecule has 88 valence electrons. The highest BCUT2D eigenvalue weighted by Gasteiger charge is 2.10. The third kappa shape index (κ3) is 2.99. The van der Waals surface area contributed by atoms with Crippen molar-refractivity contribution in [3.63, 3.8) is 0 Å². The highest BCUT2D eigenvalue weighted by Crippen LogP contribution is 2.20. The van der Waals surface area contributed by atoms with Gasteiger partial charge < -0.3 is 10.6 Å². The molecule has 0 aliphatic carbocycles. The fraction of sp³-hybridized carbons (Fsp3) is 0.462. The molecule has 3 heteroatoms. The highest BCUT2D eigenvalue weighted by molar-refractivity contribution is 6.00. The Morgan fingerprint density at radius 3 is 2.62 bits per heavy atom. The molecule has 0 heterocycles. The average molecular weight is 219 g/mol. The minimum atomic E-state index is 0.131. The van der Waals surface area contributed by atoms with Crippen molar-refractivity contribution in [1.82, 2.24) is 0 Å². The zero-order valence-corrected chi connectivity index (χ0v) is 10.3. The SMILES string of the molecule is CCC(C)CN(C)c1ccccc1C(=N)N. The number of nitrogens with zero attached hydrogens (tertiary/aromatic N) is 1. The minimum Gasteiger partial charge on any atom is -0.384 e. The van der Waals surface area contributed by atoms with E-state index in [-0.39, 0.29) is 5.84 Å². The number of para-hydroxylation sites is 1. The first-order valence-electron chi connectivity index (χ1n) is 5.70. The number of hydrogen-bond acceptors (Lipinski definition) is 2. The predicted octanol–water partition coefficient (Wildman–Crippen LogP) is 2.45. The number of amidine groups is 1. The van der Waals surface area contributed by atoms with Crippen LogP contribution < -0.4 is 10.6 Å². The lowest BCUT2D eigenvalue weighted by Crippen LogP contribution is -2.26. The molecule has 0 fully saturated rings. The lowest BCUT2D eigenvalue weighted by molar-refractivity contribution is 0.560. The average Bonchev–Trinajstić information content (AvgIpc) is 2.28. The number of nitrogen functional groups attached to an aromatic ring is 1. The maximum absolute atomic E-state index is 7.55. The molecule has 0 saturated carbocycles. The third-order valence-corrected chi connectivity index (χ3v) is 2.89. The van der Waals surface area contributed by atoms with Gasteiger partial charge in [-0.15, -0.1) is 0 Å². The molecule has 1 aromatic carbocycles. The molecular formula is C13H21N3. The second kappa shape index (κ2) is 5.54. The Kier molecular flexibility index (Phi) is 4.35. The smallest absolute Gasteiger partial charge is 0.124 e. The molecule has 0 bridgehead atoms. The van der Waals surface area contributed by atoms with Gasteiger partial charge in [0.2, 0.25) is 0 Å². The van der Waals surface area contributed by atoms with E-state index >= 15 is 0 Å². The summed E-state index contributed by atoms with van der Waals surface area (Å²) < 4.78 is 0. The molecule has 0 aromatic heterocycles. The molecule has 0 amide bonds. The van der Waals surface area contributed by atoms with Crippen molar-refractivity contribution in [2.24, 2.45) is 11.7 Å². The van der Waals surface area contributed by atoms with Crippen LogP contribution in [0.5, 0.6) is 0 Å². The van der Waals surface area contributed by atoms with Gasteiger partial charge in [0.05, 0.1) is 0 Å². The molecule has 1 aromatic rings. The van der Waals surface area contributed by atoms with E-state index in [0.29, 0.717) is 5.92 Å². The zero-order chi connectivity index (χ0) is 12.1. The molecule has 1 atom stereocenters. The van der Waals surface area contributed by atoms with E-state index in [1.807, 2.05) is 31.3 Å². The maximum atomic E-state index is 7.55. The van der Waals surface area contributed by atoms with E-state index in [1.54, 1.807) is 0 Å². The van der Waals surface area contributed by atoms with Crippen molar-refractivity contribution in [2.75, 3.05) is 18.5 Å². The van der Waals surface area contributed by atoms with Crippen molar-refractivity contribution >= 4 is 11.5 Å². The van der Waals surface area contributed by atoms with Gasteiger partial charge in [-0.2, -0.15) is 0 Å². The van der Waals surface area contributed by atoms with Gasteiger partial charge in [0, 0.05) is 24.8 Å². The van der Waals surface area contributed by atoms with Gasteiger partial charge in [0.1, 0.15) is 5.84 Å². The quantitative estimate of drug-likeness (QED) is 0.590. The van der Waals surface area contributed by atoms with Crippen LogP contribution in [-0.2, 0) is 0 Å². The molecule has 0 radical (unpaired) electrons. The molecule has 16 heavy (non-hydrogen) atoms. The van der Waals surface area contributed by atoms with Crippen LogP contribution in [0.1, 0.15) is 25.8 Å². The van der Waals surface area contributed by atoms with E-state index in [4.69, 9.17) is 11.1 Å². The van der Waals surface area contributed by atoms with Crippen LogP contribution in [0.2, 0.25) is 0 Å². The molecule has 0 saturated heterocycles. The van der Waals surface area contributed by atoms with E-state index in [2.05, 4.69) is 18.7 Å². The molecule has 0 aliphatic rings. The van der Waals surface area contributed by atoms with Gasteiger partial charge in [-0.3, -0.25) is 5.41 Å². The van der Waals surface area contributed by atoms with Gasteiger partial charge in [-0.1, -0.05) is 32.4 Å². The fourth-order valence-electron chi connectivity index (χ4n) is 1.73. The second-order valence-electron chi connectivity index (χ2n) is 4.32. The van der Waals surface area contributed by atoms with E-state index < -0.39 is 0 Å². The molecule has 3 nitrogen and oxygen atoms in total. The summed E-state index contributed by atoms with van der Waals surface area (Å²) in [7, 11) is 2.05. The summed E-state index contributed by atoms with van der Waals surface area (Å²) in [5, 5.41) is 7.55. The molecule has 3 N–H and O–H groups in total. The first-order chi connectivity index (χ1) is 7.56. The van der Waals surface area contributed by atoms with Crippen molar-refractivity contribution in [1.29, 1.82) is 5.41 Å². The Balaban J connectivity index is 2.90. The van der Waals surface area contributed by atoms with Crippen LogP contribution in [0.3, 0.4) is 0 Å². The molecule has 0 aliphatic heterocycles. The number of nitrogens with two attached hydrogens (primary N) is 1. The van der Waals surface area contributed by atoms with E-state index in [1.165, 1.54) is 0 Å². The summed E-state index contributed by atoms with van der Waals surface area (Å²) in [6, 6.07) is 7.80. The number of hydrogen-bond donors (Lipinski definition) is 2. The summed E-state index contributed by atoms with van der Waals surface area (Å²) >= 11 is 0. The zero-order valence-electron chi connectivity index (χ0n) is 10.3. The van der Waals surface area contributed by atoms with Crippen molar-refractivity contribution in [2.45, 2.75) is 20.3 Å². The largest absolute Gasteiger partial charge is 0.384 e. The Hall–Kier alpha value is -1.51. The third-order valence-electron chi connectivity index (χ3n) is 2.89. The van der Waals surface area contributed by atoms with Crippen LogP contribution in [-0.4, -0.2) is 19.4 Å². The van der Waals surface area contributed by atoms with E-state index in [9.17, 15) is 0 Å². The van der Waals surface area contributed by atoms with Crippen molar-refractivity contribution in [3.8, 4) is 0 Å². The first-order valence-corrected chi connectivity index (χ1v) is 5.70. The predicted molar refractivity (Wildman–Crippen MR) is 70.2 cm³/mol. The van der Waals surface area contributed by atoms with Crippen LogP contribution in [0, 0.1) is 11.3 Å². The van der Waals surface area contributed by atoms with Crippen LogP contribution in [0.15, 0.2) is 24.3 Å². The van der Waals surface area contributed by atoms with E-state index in [0.717, 1.165) is 24.2 Å². The Labute approximate surface area is 97.8 Å². The lowest BCUT2D eigenvalue weighted by atomic mass is 10.1. The second-order valence-corrected chi connectivity index (χ2v) is 4.32. The van der Waals surface area contributed by atoms with Crippen LogP contribution in [0.4, 0.5) is 5.69 Å². The monoisotopic (exact) mass is 219 g/mol. The standard InChI is InChI=1S/C13H21N3/c1-4-10(2)9-16(3)12-8-6-5-7-11(12)13(14)15/h5-8,10H,4,9H2,1-3H3,(H3,14,15). The Bertz CT molecular complexity index is 360. The fourth-order valence-corrected chi connectivity index (χ4v) is 1.73. The van der Waals surface area contributed by atoms with Crippen molar-refractivity contribution < 1.29 is 0 Å². The molecule has 0 spiro atoms. The Morgan fingerprint density at radius 1 is 1.44 bits per heavy atom. The maximum Gasteiger partial charge on any atom is 0.124 e. The summed E-state index contributed by atoms with van der Waals surface area (Å²) in [5.41, 5.74) is 7.42. The van der Waals surface area contributed by atoms with Gasteiger partial charge in [-0.25, -0.2) is 0 Å². The van der Waals surface area contributed by atoms with Gasteiger partial charge >= 0.3 is 0 Å². The van der Waals surface area contributed by atoms with Crippen molar-refractivity contribution in [3.05, 3.63) is 29.8 Å². The van der Waals surface area contributed by atoms with Crippen LogP contribution in [0.25, 0.3) is 0 Å². The van der Waals surface area contributed by atoms with Gasteiger partial charge in [0.25, 0.3) is 0 Å². The van der Waals surface area contributed by atoms with Crippen LogP contribution >= 0.6 is 0 Å². The molecular weight excluding hydrogens is 198 g/mol. The summed E-state index contributed by atoms with van der Waals surface area (Å²) in [4.78, 5) is 2.17. The normalized spacial score (nSPS) is 12.2. The van der Waals surface area contributed by atoms with Gasteiger partial charge in [-0.05, 0) is 18.1 Å². The summed E-state index contributed by atoms with van der Waals surface area (Å²) in [6.07, 6.45) is 1.16. The summed E-state index contributed by atoms with van der Waals surface area (Å²) in [6.45, 7) is 5.41. The summed E-state index contributed by atoms with van der Waals surface area (Å²) in [5.74, 6) is 0.775. The highest BCUT2D eigenvalue weighted by atomic mass is 15.1. The number of anilines is 1. The Morgan fingerprint density at radius 2 is 2.06 bits per heavy atom. The number of nitrogens with one attached hydrogen (secondary N) is 1. The number of rotatable bonds is 5. The molecule has 1 rings (SSSR count). The first kappa shape index (κ1) is 12.6. The topological polar surface area (TPSA) is 53.1 Å².